The van der Waals surface area contributed by atoms with E-state index in [0.29, 0.717) is 11.3 Å². The summed E-state index contributed by atoms with van der Waals surface area (Å²) in [4.78, 5) is 12.1. The molecule has 0 spiro atoms. The molecule has 0 aliphatic rings. The Balaban J connectivity index is 2.04. The third-order valence-electron chi connectivity index (χ3n) is 3.21. The number of methoxy groups -OCH3 is 1. The summed E-state index contributed by atoms with van der Waals surface area (Å²) in [5.74, 6) is 0.645. The molecule has 0 aromatic heterocycles. The number of nitrogens with one attached hydrogen (secondary N) is 1. The molecule has 21 heavy (non-hydrogen) atoms. The molecule has 0 radical (unpaired) electrons. The van der Waals surface area contributed by atoms with E-state index in [2.05, 4.69) is 5.32 Å². The predicted octanol–water partition coefficient (Wildman–Crippen LogP) is 2.93. The Hall–Kier alpha value is -2.33. The number of aliphatic hydroxyl groups is 1. The van der Waals surface area contributed by atoms with E-state index in [0.717, 1.165) is 11.3 Å². The number of amides is 1. The molecule has 2 aromatic rings. The van der Waals surface area contributed by atoms with Gasteiger partial charge in [0.25, 0.3) is 0 Å². The molecule has 110 valence electrons. The van der Waals surface area contributed by atoms with Gasteiger partial charge < -0.3 is 15.2 Å². The largest absolute Gasteiger partial charge is 0.497 e. The van der Waals surface area contributed by atoms with E-state index in [1.807, 2.05) is 36.4 Å². The van der Waals surface area contributed by atoms with Gasteiger partial charge in [-0.3, -0.25) is 4.79 Å². The molecule has 0 heterocycles. The molecule has 0 bridgehead atoms. The Bertz CT molecular complexity index is 606. The highest BCUT2D eigenvalue weighted by molar-refractivity contribution is 5.93. The summed E-state index contributed by atoms with van der Waals surface area (Å²) in [6.45, 7) is 1.68. The molecule has 4 heteroatoms. The molecule has 1 amide bonds. The van der Waals surface area contributed by atoms with Crippen molar-refractivity contribution in [2.24, 2.45) is 0 Å². The second kappa shape index (κ2) is 6.90. The highest BCUT2D eigenvalue weighted by Crippen LogP contribution is 2.22. The van der Waals surface area contributed by atoms with E-state index >= 15 is 0 Å². The summed E-state index contributed by atoms with van der Waals surface area (Å²) < 4.78 is 5.08. The van der Waals surface area contributed by atoms with Gasteiger partial charge in [0, 0.05) is 11.3 Å². The zero-order valence-corrected chi connectivity index (χ0v) is 12.2. The van der Waals surface area contributed by atoms with Crippen molar-refractivity contribution in [2.75, 3.05) is 12.4 Å². The first-order chi connectivity index (χ1) is 10.1. The van der Waals surface area contributed by atoms with Crippen LogP contribution in [0.4, 0.5) is 5.69 Å². The molecule has 0 aliphatic heterocycles. The van der Waals surface area contributed by atoms with Crippen molar-refractivity contribution in [1.82, 2.24) is 0 Å². The van der Waals surface area contributed by atoms with Gasteiger partial charge in [0.05, 0.1) is 19.6 Å². The second-order valence-electron chi connectivity index (χ2n) is 4.84. The zero-order chi connectivity index (χ0) is 15.2. The van der Waals surface area contributed by atoms with Crippen LogP contribution in [-0.4, -0.2) is 18.1 Å². The summed E-state index contributed by atoms with van der Waals surface area (Å²) in [5.41, 5.74) is 2.26. The van der Waals surface area contributed by atoms with Gasteiger partial charge in [-0.2, -0.15) is 0 Å². The molecule has 0 saturated carbocycles. The van der Waals surface area contributed by atoms with E-state index in [-0.39, 0.29) is 12.3 Å². The fourth-order valence-electron chi connectivity index (χ4n) is 2.10. The summed E-state index contributed by atoms with van der Waals surface area (Å²) in [6.07, 6.45) is -0.347. The molecule has 2 N–H and O–H groups in total. The highest BCUT2D eigenvalue weighted by Gasteiger charge is 2.10. The predicted molar refractivity (Wildman–Crippen MR) is 82.4 cm³/mol. The molecule has 2 rings (SSSR count). The smallest absolute Gasteiger partial charge is 0.228 e. The van der Waals surface area contributed by atoms with Crippen LogP contribution in [0.15, 0.2) is 48.5 Å². The van der Waals surface area contributed by atoms with Crippen LogP contribution in [0, 0.1) is 0 Å². The Morgan fingerprint density at radius 1 is 1.19 bits per heavy atom. The Morgan fingerprint density at radius 2 is 1.86 bits per heavy atom. The second-order valence-corrected chi connectivity index (χ2v) is 4.84. The fraction of sp³-hybridized carbons (Fsp3) is 0.235. The third-order valence-corrected chi connectivity index (χ3v) is 3.21. The lowest BCUT2D eigenvalue weighted by atomic mass is 10.1. The molecule has 1 atom stereocenters. The molecule has 1 unspecified atom stereocenters. The van der Waals surface area contributed by atoms with Crippen molar-refractivity contribution >= 4 is 11.6 Å². The lowest BCUT2D eigenvalue weighted by molar-refractivity contribution is -0.115. The maximum absolute atomic E-state index is 12.1. The molecular formula is C17H19NO3. The first kappa shape index (κ1) is 15.1. The van der Waals surface area contributed by atoms with E-state index in [4.69, 9.17) is 4.74 Å². The number of hydrogen-bond acceptors (Lipinski definition) is 3. The quantitative estimate of drug-likeness (QED) is 0.888. The van der Waals surface area contributed by atoms with E-state index in [9.17, 15) is 9.90 Å². The van der Waals surface area contributed by atoms with Crippen molar-refractivity contribution in [2.45, 2.75) is 19.4 Å². The van der Waals surface area contributed by atoms with Crippen molar-refractivity contribution in [3.8, 4) is 5.75 Å². The number of anilines is 1. The first-order valence-corrected chi connectivity index (χ1v) is 6.80. The summed E-state index contributed by atoms with van der Waals surface area (Å²) >= 11 is 0. The van der Waals surface area contributed by atoms with E-state index in [1.165, 1.54) is 0 Å². The van der Waals surface area contributed by atoms with Crippen molar-refractivity contribution in [3.63, 3.8) is 0 Å². The van der Waals surface area contributed by atoms with Gasteiger partial charge in [0.15, 0.2) is 0 Å². The zero-order valence-electron chi connectivity index (χ0n) is 12.2. The molecule has 0 saturated heterocycles. The van der Waals surface area contributed by atoms with Gasteiger partial charge in [-0.1, -0.05) is 30.3 Å². The van der Waals surface area contributed by atoms with Crippen LogP contribution < -0.4 is 10.1 Å². The lowest BCUT2D eigenvalue weighted by Gasteiger charge is -2.13. The number of carbonyl (C=O) groups is 1. The van der Waals surface area contributed by atoms with Crippen LogP contribution in [0.1, 0.15) is 24.2 Å². The molecule has 2 aromatic carbocycles. The minimum atomic E-state index is -0.623. The van der Waals surface area contributed by atoms with Gasteiger partial charge >= 0.3 is 0 Å². The third kappa shape index (κ3) is 4.07. The summed E-state index contributed by atoms with van der Waals surface area (Å²) in [7, 11) is 1.61. The lowest BCUT2D eigenvalue weighted by Crippen LogP contribution is -2.16. The average molecular weight is 285 g/mol. The number of para-hydroxylation sites is 1. The number of ether oxygens (including phenoxy) is 1. The van der Waals surface area contributed by atoms with Crippen LogP contribution in [-0.2, 0) is 11.2 Å². The minimum absolute atomic E-state index is 0.117. The Morgan fingerprint density at radius 3 is 2.48 bits per heavy atom. The molecule has 0 fully saturated rings. The number of carbonyl (C=O) groups excluding carboxylic acids is 1. The molecular weight excluding hydrogens is 266 g/mol. The first-order valence-electron chi connectivity index (χ1n) is 6.80. The fourth-order valence-corrected chi connectivity index (χ4v) is 2.10. The number of benzene rings is 2. The normalized spacial score (nSPS) is 11.8. The van der Waals surface area contributed by atoms with Gasteiger partial charge in [-0.25, -0.2) is 0 Å². The van der Waals surface area contributed by atoms with Crippen LogP contribution in [0.25, 0.3) is 0 Å². The van der Waals surface area contributed by atoms with Gasteiger partial charge in [0.1, 0.15) is 5.75 Å². The van der Waals surface area contributed by atoms with Crippen LogP contribution in [0.2, 0.25) is 0 Å². The van der Waals surface area contributed by atoms with Crippen LogP contribution in [0.5, 0.6) is 5.75 Å². The maximum Gasteiger partial charge on any atom is 0.228 e. The van der Waals surface area contributed by atoms with Crippen molar-refractivity contribution in [3.05, 3.63) is 59.7 Å². The van der Waals surface area contributed by atoms with E-state index < -0.39 is 6.10 Å². The maximum atomic E-state index is 12.1. The van der Waals surface area contributed by atoms with Gasteiger partial charge in [-0.15, -0.1) is 0 Å². The van der Waals surface area contributed by atoms with Crippen LogP contribution >= 0.6 is 0 Å². The molecule has 0 aliphatic carbocycles. The van der Waals surface area contributed by atoms with Crippen molar-refractivity contribution < 1.29 is 14.6 Å². The Kier molecular flexibility index (Phi) is 4.95. The average Bonchev–Trinajstić information content (AvgIpc) is 2.48. The van der Waals surface area contributed by atoms with Crippen molar-refractivity contribution in [1.29, 1.82) is 0 Å². The molecule has 4 nitrogen and oxygen atoms in total. The summed E-state index contributed by atoms with van der Waals surface area (Å²) in [5, 5.41) is 12.5. The van der Waals surface area contributed by atoms with Gasteiger partial charge in [0.2, 0.25) is 5.91 Å². The topological polar surface area (TPSA) is 58.6 Å². The standard InChI is InChI=1S/C17H19NO3/c1-12(19)15-5-3-4-6-16(15)18-17(20)11-13-7-9-14(21-2)10-8-13/h3-10,12,19H,11H2,1-2H3,(H,18,20). The number of aliphatic hydroxyl groups excluding tert-OH is 1. The monoisotopic (exact) mass is 285 g/mol. The number of hydrogen-bond donors (Lipinski definition) is 2. The van der Waals surface area contributed by atoms with Gasteiger partial charge in [-0.05, 0) is 30.7 Å². The minimum Gasteiger partial charge on any atom is -0.497 e. The highest BCUT2D eigenvalue weighted by atomic mass is 16.5. The summed E-state index contributed by atoms with van der Waals surface area (Å²) in [6, 6.07) is 14.6. The Labute approximate surface area is 124 Å². The SMILES string of the molecule is COc1ccc(CC(=O)Nc2ccccc2C(C)O)cc1. The number of rotatable bonds is 5. The van der Waals surface area contributed by atoms with Crippen LogP contribution in [0.3, 0.4) is 0 Å². The van der Waals surface area contributed by atoms with E-state index in [1.54, 1.807) is 26.2 Å².